The van der Waals surface area contributed by atoms with E-state index in [9.17, 15) is 13.6 Å². The van der Waals surface area contributed by atoms with Gasteiger partial charge in [-0.1, -0.05) is 23.9 Å². The molecule has 17 heavy (non-hydrogen) atoms. The minimum absolute atomic E-state index is 0.310. The van der Waals surface area contributed by atoms with Gasteiger partial charge >= 0.3 is 6.03 Å². The van der Waals surface area contributed by atoms with Crippen LogP contribution in [-0.4, -0.2) is 30.3 Å². The average molecular weight is 260 g/mol. The van der Waals surface area contributed by atoms with Crippen LogP contribution in [0.1, 0.15) is 6.92 Å². The molecule has 0 aliphatic rings. The molecule has 0 atom stereocenters. The number of thioether (sulfide) groups is 1. The van der Waals surface area contributed by atoms with Gasteiger partial charge in [-0.15, -0.1) is 0 Å². The maximum atomic E-state index is 12.3. The van der Waals surface area contributed by atoms with Gasteiger partial charge in [0.25, 0.3) is 5.76 Å². The second kappa shape index (κ2) is 6.44. The van der Waals surface area contributed by atoms with Crippen molar-refractivity contribution in [3.63, 3.8) is 0 Å². The van der Waals surface area contributed by atoms with E-state index >= 15 is 0 Å². The Labute approximate surface area is 103 Å². The van der Waals surface area contributed by atoms with Gasteiger partial charge in [-0.2, -0.15) is 8.78 Å². The van der Waals surface area contributed by atoms with Gasteiger partial charge in [0.15, 0.2) is 0 Å². The maximum Gasteiger partial charge on any atom is 0.321 e. The molecule has 6 heteroatoms. The molecular formula is C11H14F2N2OS. The fourth-order valence-corrected chi connectivity index (χ4v) is 1.72. The van der Waals surface area contributed by atoms with Crippen molar-refractivity contribution in [2.24, 2.45) is 0 Å². The second-order valence-corrected chi connectivity index (χ2v) is 4.35. The normalized spacial score (nSPS) is 10.4. The number of amides is 2. The van der Waals surface area contributed by atoms with Crippen LogP contribution in [0.15, 0.2) is 29.2 Å². The van der Waals surface area contributed by atoms with Gasteiger partial charge in [0.05, 0.1) is 5.69 Å². The first-order valence-corrected chi connectivity index (χ1v) is 5.98. The number of benzene rings is 1. The summed E-state index contributed by atoms with van der Waals surface area (Å²) in [4.78, 5) is 13.4. The van der Waals surface area contributed by atoms with E-state index < -0.39 is 5.76 Å². The summed E-state index contributed by atoms with van der Waals surface area (Å²) in [6, 6.07) is 6.20. The zero-order valence-corrected chi connectivity index (χ0v) is 10.4. The number of carbonyl (C=O) groups is 1. The van der Waals surface area contributed by atoms with Crippen molar-refractivity contribution in [2.75, 3.05) is 18.9 Å². The first kappa shape index (κ1) is 13.8. The molecule has 0 bridgehead atoms. The predicted octanol–water partition coefficient (Wildman–Crippen LogP) is 3.48. The van der Waals surface area contributed by atoms with Crippen LogP contribution < -0.4 is 5.32 Å². The molecule has 0 saturated heterocycles. The minimum atomic E-state index is -2.50. The molecule has 1 aromatic carbocycles. The fraction of sp³-hybridized carbons (Fsp3) is 0.364. The summed E-state index contributed by atoms with van der Waals surface area (Å²) in [5.74, 6) is -2.50. The van der Waals surface area contributed by atoms with Gasteiger partial charge in [-0.05, 0) is 19.1 Å². The highest BCUT2D eigenvalue weighted by Crippen LogP contribution is 2.31. The molecule has 0 aliphatic heterocycles. The first-order valence-electron chi connectivity index (χ1n) is 5.10. The van der Waals surface area contributed by atoms with Crippen LogP contribution in [0.2, 0.25) is 0 Å². The van der Waals surface area contributed by atoms with Gasteiger partial charge in [0.1, 0.15) is 0 Å². The zero-order chi connectivity index (χ0) is 12.8. The highest BCUT2D eigenvalue weighted by Gasteiger charge is 2.12. The van der Waals surface area contributed by atoms with Gasteiger partial charge < -0.3 is 10.2 Å². The van der Waals surface area contributed by atoms with E-state index in [4.69, 9.17) is 0 Å². The number of nitrogens with one attached hydrogen (secondary N) is 1. The van der Waals surface area contributed by atoms with Crippen molar-refractivity contribution >= 4 is 23.5 Å². The van der Waals surface area contributed by atoms with Crippen LogP contribution in [0.25, 0.3) is 0 Å². The lowest BCUT2D eigenvalue weighted by molar-refractivity contribution is 0.224. The topological polar surface area (TPSA) is 32.3 Å². The van der Waals surface area contributed by atoms with Crippen molar-refractivity contribution in [1.82, 2.24) is 4.90 Å². The number of hydrogen-bond donors (Lipinski definition) is 1. The molecule has 0 heterocycles. The van der Waals surface area contributed by atoms with E-state index in [0.29, 0.717) is 28.9 Å². The summed E-state index contributed by atoms with van der Waals surface area (Å²) in [7, 11) is 1.64. The summed E-state index contributed by atoms with van der Waals surface area (Å²) in [5, 5.41) is 2.60. The molecule has 94 valence electrons. The fourth-order valence-electron chi connectivity index (χ4n) is 1.12. The Bertz CT molecular complexity index is 387. The molecule has 1 rings (SSSR count). The van der Waals surface area contributed by atoms with Crippen LogP contribution in [0.4, 0.5) is 19.3 Å². The van der Waals surface area contributed by atoms with Gasteiger partial charge in [0.2, 0.25) is 0 Å². The third kappa shape index (κ3) is 4.22. The van der Waals surface area contributed by atoms with E-state index in [2.05, 4.69) is 5.32 Å². The Hall–Kier alpha value is -1.30. The van der Waals surface area contributed by atoms with Gasteiger partial charge in [0, 0.05) is 18.5 Å². The van der Waals surface area contributed by atoms with Crippen LogP contribution in [-0.2, 0) is 0 Å². The molecule has 0 spiro atoms. The quantitative estimate of drug-likeness (QED) is 0.840. The number of hydrogen-bond acceptors (Lipinski definition) is 2. The summed E-state index contributed by atoms with van der Waals surface area (Å²) < 4.78 is 24.6. The number of nitrogens with zero attached hydrogens (tertiary/aromatic N) is 1. The molecule has 0 fully saturated rings. The number of halogens is 2. The number of rotatable bonds is 4. The Morgan fingerprint density at radius 1 is 1.47 bits per heavy atom. The molecular weight excluding hydrogens is 246 g/mol. The molecule has 0 aliphatic carbocycles. The van der Waals surface area contributed by atoms with Crippen molar-refractivity contribution in [3.05, 3.63) is 24.3 Å². The third-order valence-corrected chi connectivity index (χ3v) is 2.95. The van der Waals surface area contributed by atoms with E-state index in [1.807, 2.05) is 6.92 Å². The number of alkyl halides is 2. The molecule has 1 aromatic rings. The lowest BCUT2D eigenvalue weighted by atomic mass is 10.3. The van der Waals surface area contributed by atoms with Gasteiger partial charge in [-0.3, -0.25) is 0 Å². The molecule has 0 aromatic heterocycles. The summed E-state index contributed by atoms with van der Waals surface area (Å²) >= 11 is 0.420. The van der Waals surface area contributed by atoms with Crippen LogP contribution in [0, 0.1) is 0 Å². The van der Waals surface area contributed by atoms with Crippen LogP contribution in [0.3, 0.4) is 0 Å². The maximum absolute atomic E-state index is 12.3. The molecule has 0 unspecified atom stereocenters. The van der Waals surface area contributed by atoms with Crippen molar-refractivity contribution in [2.45, 2.75) is 17.6 Å². The van der Waals surface area contributed by atoms with E-state index in [1.54, 1.807) is 31.3 Å². The number of carbonyl (C=O) groups excluding carboxylic acids is 1. The largest absolute Gasteiger partial charge is 0.328 e. The van der Waals surface area contributed by atoms with E-state index in [0.717, 1.165) is 0 Å². The van der Waals surface area contributed by atoms with E-state index in [-0.39, 0.29) is 6.03 Å². The lowest BCUT2D eigenvalue weighted by Gasteiger charge is -2.17. The molecule has 0 radical (unpaired) electrons. The molecule has 3 nitrogen and oxygen atoms in total. The van der Waals surface area contributed by atoms with Crippen molar-refractivity contribution in [1.29, 1.82) is 0 Å². The zero-order valence-electron chi connectivity index (χ0n) is 9.61. The second-order valence-electron chi connectivity index (χ2n) is 3.32. The monoisotopic (exact) mass is 260 g/mol. The number of anilines is 1. The minimum Gasteiger partial charge on any atom is -0.328 e. The molecule has 2 amide bonds. The Kier molecular flexibility index (Phi) is 5.21. The highest BCUT2D eigenvalue weighted by atomic mass is 32.2. The Morgan fingerprint density at radius 3 is 2.71 bits per heavy atom. The molecule has 0 saturated carbocycles. The van der Waals surface area contributed by atoms with E-state index in [1.165, 1.54) is 4.90 Å². The highest BCUT2D eigenvalue weighted by molar-refractivity contribution is 7.99. The lowest BCUT2D eigenvalue weighted by Crippen LogP contribution is -2.31. The summed E-state index contributed by atoms with van der Waals surface area (Å²) in [6.45, 7) is 2.38. The van der Waals surface area contributed by atoms with Crippen molar-refractivity contribution in [3.8, 4) is 0 Å². The van der Waals surface area contributed by atoms with Crippen LogP contribution in [0.5, 0.6) is 0 Å². The standard InChI is InChI=1S/C11H14F2N2OS/c1-3-15(2)11(16)14-8-6-4-5-7-9(8)17-10(12)13/h4-7,10H,3H2,1-2H3,(H,14,16). The average Bonchev–Trinajstić information content (AvgIpc) is 2.29. The Balaban J connectivity index is 2.79. The van der Waals surface area contributed by atoms with Crippen molar-refractivity contribution < 1.29 is 13.6 Å². The summed E-state index contributed by atoms with van der Waals surface area (Å²) in [5.41, 5.74) is 0.406. The molecule has 1 N–H and O–H groups in total. The number of urea groups is 1. The SMILES string of the molecule is CCN(C)C(=O)Nc1ccccc1SC(F)F. The van der Waals surface area contributed by atoms with Crippen LogP contribution >= 0.6 is 11.8 Å². The summed E-state index contributed by atoms with van der Waals surface area (Å²) in [6.07, 6.45) is 0. The van der Waals surface area contributed by atoms with Gasteiger partial charge in [-0.25, -0.2) is 4.79 Å². The first-order chi connectivity index (χ1) is 8.04. The predicted molar refractivity (Wildman–Crippen MR) is 65.6 cm³/mol. The smallest absolute Gasteiger partial charge is 0.321 e. The number of para-hydroxylation sites is 1. The third-order valence-electron chi connectivity index (χ3n) is 2.17. The Morgan fingerprint density at radius 2 is 2.12 bits per heavy atom.